The van der Waals surface area contributed by atoms with Crippen LogP contribution in [0.5, 0.6) is 0 Å². The third-order valence-electron chi connectivity index (χ3n) is 3.76. The molecule has 1 N–H and O–H groups in total. The summed E-state index contributed by atoms with van der Waals surface area (Å²) in [6, 6.07) is 6.03. The predicted molar refractivity (Wildman–Crippen MR) is 80.7 cm³/mol. The van der Waals surface area contributed by atoms with Crippen LogP contribution in [0, 0.1) is 0 Å². The van der Waals surface area contributed by atoms with Crippen molar-refractivity contribution < 1.29 is 14.4 Å². The first kappa shape index (κ1) is 15.4. The maximum absolute atomic E-state index is 11.8. The number of anilines is 1. The summed E-state index contributed by atoms with van der Waals surface area (Å²) in [5, 5.41) is 0. The Kier molecular flexibility index (Phi) is 5.20. The molecule has 21 heavy (non-hydrogen) atoms. The highest BCUT2D eigenvalue weighted by molar-refractivity contribution is 5.83. The van der Waals surface area contributed by atoms with Gasteiger partial charge in [-0.3, -0.25) is 4.79 Å². The third kappa shape index (κ3) is 3.74. The first-order valence-electron chi connectivity index (χ1n) is 7.50. The molecule has 0 atom stereocenters. The Bertz CT molecular complexity index is 506. The fourth-order valence-electron chi connectivity index (χ4n) is 2.54. The van der Waals surface area contributed by atoms with E-state index in [1.807, 2.05) is 18.2 Å². The standard InChI is InChI=1S/C16H22N2O3/c1-3-12-7-5-8-13(4-2)16(12)17-21-15(20)11-18-10-6-9-14(18)19/h5,7-8,17H,3-4,6,9-11H2,1-2H3. The van der Waals surface area contributed by atoms with E-state index in [2.05, 4.69) is 19.3 Å². The van der Waals surface area contributed by atoms with Gasteiger partial charge in [0.15, 0.2) is 0 Å². The fourth-order valence-corrected chi connectivity index (χ4v) is 2.54. The Morgan fingerprint density at radius 2 is 1.95 bits per heavy atom. The molecule has 0 radical (unpaired) electrons. The lowest BCUT2D eigenvalue weighted by atomic mass is 10.0. The number of hydrogen-bond acceptors (Lipinski definition) is 4. The van der Waals surface area contributed by atoms with E-state index in [-0.39, 0.29) is 12.5 Å². The molecule has 1 aliphatic heterocycles. The van der Waals surface area contributed by atoms with E-state index < -0.39 is 5.97 Å². The van der Waals surface area contributed by atoms with Crippen LogP contribution in [0.2, 0.25) is 0 Å². The number of nitrogens with zero attached hydrogens (tertiary/aromatic N) is 1. The smallest absolute Gasteiger partial charge is 0.341 e. The van der Waals surface area contributed by atoms with E-state index >= 15 is 0 Å². The highest BCUT2D eigenvalue weighted by Crippen LogP contribution is 2.22. The van der Waals surface area contributed by atoms with Crippen molar-refractivity contribution in [2.24, 2.45) is 0 Å². The quantitative estimate of drug-likeness (QED) is 0.817. The van der Waals surface area contributed by atoms with Crippen molar-refractivity contribution in [3.63, 3.8) is 0 Å². The molecule has 114 valence electrons. The molecule has 2 rings (SSSR count). The summed E-state index contributed by atoms with van der Waals surface area (Å²) in [6.07, 6.45) is 3.06. The van der Waals surface area contributed by atoms with Gasteiger partial charge < -0.3 is 9.74 Å². The summed E-state index contributed by atoms with van der Waals surface area (Å²) in [5.41, 5.74) is 5.87. The molecule has 0 unspecified atom stereocenters. The maximum atomic E-state index is 11.8. The summed E-state index contributed by atoms with van der Waals surface area (Å²) >= 11 is 0. The average Bonchev–Trinajstić information content (AvgIpc) is 2.89. The number of amides is 1. The summed E-state index contributed by atoms with van der Waals surface area (Å²) in [4.78, 5) is 30.0. The zero-order valence-electron chi connectivity index (χ0n) is 12.6. The predicted octanol–water partition coefficient (Wildman–Crippen LogP) is 2.30. The third-order valence-corrected chi connectivity index (χ3v) is 3.76. The van der Waals surface area contributed by atoms with E-state index in [9.17, 15) is 9.59 Å². The zero-order chi connectivity index (χ0) is 15.2. The van der Waals surface area contributed by atoms with Crippen molar-refractivity contribution in [3.8, 4) is 0 Å². The van der Waals surface area contributed by atoms with Gasteiger partial charge in [-0.05, 0) is 30.4 Å². The topological polar surface area (TPSA) is 58.6 Å². The van der Waals surface area contributed by atoms with Gasteiger partial charge in [0.1, 0.15) is 6.54 Å². The van der Waals surface area contributed by atoms with Crippen molar-refractivity contribution in [2.75, 3.05) is 18.6 Å². The van der Waals surface area contributed by atoms with Crippen molar-refractivity contribution >= 4 is 17.6 Å². The van der Waals surface area contributed by atoms with Crippen molar-refractivity contribution in [3.05, 3.63) is 29.3 Å². The number of para-hydroxylation sites is 1. The van der Waals surface area contributed by atoms with Crippen LogP contribution in [0.4, 0.5) is 5.69 Å². The molecule has 0 bridgehead atoms. The van der Waals surface area contributed by atoms with E-state index in [0.29, 0.717) is 13.0 Å². The molecule has 1 fully saturated rings. The van der Waals surface area contributed by atoms with E-state index in [0.717, 1.165) is 36.1 Å². The number of likely N-dealkylation sites (tertiary alicyclic amines) is 1. The maximum Gasteiger partial charge on any atom is 0.351 e. The normalized spacial score (nSPS) is 14.4. The molecule has 0 aliphatic carbocycles. The second kappa shape index (κ2) is 7.11. The highest BCUT2D eigenvalue weighted by atomic mass is 16.7. The molecule has 0 saturated carbocycles. The van der Waals surface area contributed by atoms with Crippen LogP contribution in [-0.4, -0.2) is 29.9 Å². The van der Waals surface area contributed by atoms with Crippen LogP contribution >= 0.6 is 0 Å². The Hall–Kier alpha value is -2.04. The lowest BCUT2D eigenvalue weighted by molar-refractivity contribution is -0.145. The van der Waals surface area contributed by atoms with E-state index in [1.165, 1.54) is 4.90 Å². The Balaban J connectivity index is 1.96. The second-order valence-corrected chi connectivity index (χ2v) is 5.15. The Morgan fingerprint density at radius 1 is 1.29 bits per heavy atom. The van der Waals surface area contributed by atoms with Crippen molar-refractivity contribution in [1.82, 2.24) is 4.90 Å². The van der Waals surface area contributed by atoms with Gasteiger partial charge in [-0.1, -0.05) is 32.0 Å². The zero-order valence-corrected chi connectivity index (χ0v) is 12.6. The first-order valence-corrected chi connectivity index (χ1v) is 7.50. The van der Waals surface area contributed by atoms with Crippen LogP contribution in [0.1, 0.15) is 37.8 Å². The van der Waals surface area contributed by atoms with Crippen molar-refractivity contribution in [2.45, 2.75) is 39.5 Å². The van der Waals surface area contributed by atoms with E-state index in [4.69, 9.17) is 4.84 Å². The average molecular weight is 290 g/mol. The highest BCUT2D eigenvalue weighted by Gasteiger charge is 2.23. The Labute approximate surface area is 125 Å². The van der Waals surface area contributed by atoms with Crippen molar-refractivity contribution in [1.29, 1.82) is 0 Å². The van der Waals surface area contributed by atoms with Gasteiger partial charge in [0.05, 0.1) is 5.69 Å². The summed E-state index contributed by atoms with van der Waals surface area (Å²) in [7, 11) is 0. The minimum atomic E-state index is -0.432. The van der Waals surface area contributed by atoms with Crippen LogP contribution in [0.25, 0.3) is 0 Å². The van der Waals surface area contributed by atoms with Gasteiger partial charge in [-0.25, -0.2) is 10.3 Å². The summed E-state index contributed by atoms with van der Waals surface area (Å²) < 4.78 is 0. The number of aryl methyl sites for hydroxylation is 2. The number of carbonyl (C=O) groups excluding carboxylic acids is 2. The lowest BCUT2D eigenvalue weighted by Gasteiger charge is -2.17. The van der Waals surface area contributed by atoms with Gasteiger partial charge in [0, 0.05) is 13.0 Å². The molecular weight excluding hydrogens is 268 g/mol. The SMILES string of the molecule is CCc1cccc(CC)c1NOC(=O)CN1CCCC1=O. The molecular formula is C16H22N2O3. The molecule has 5 heteroatoms. The molecule has 1 aromatic rings. The summed E-state index contributed by atoms with van der Waals surface area (Å²) in [6.45, 7) is 4.77. The lowest BCUT2D eigenvalue weighted by Crippen LogP contribution is -2.32. The molecule has 5 nitrogen and oxygen atoms in total. The largest absolute Gasteiger partial charge is 0.351 e. The van der Waals surface area contributed by atoms with Crippen LogP contribution in [0.3, 0.4) is 0 Å². The minimum absolute atomic E-state index is 0.0155. The number of rotatable bonds is 6. The number of hydrogen-bond donors (Lipinski definition) is 1. The molecule has 1 aromatic carbocycles. The fraction of sp³-hybridized carbons (Fsp3) is 0.500. The first-order chi connectivity index (χ1) is 10.2. The van der Waals surface area contributed by atoms with Crippen LogP contribution in [-0.2, 0) is 27.3 Å². The van der Waals surface area contributed by atoms with Crippen LogP contribution < -0.4 is 5.48 Å². The van der Waals surface area contributed by atoms with Gasteiger partial charge in [-0.15, -0.1) is 0 Å². The monoisotopic (exact) mass is 290 g/mol. The number of benzene rings is 1. The number of carbonyl (C=O) groups is 2. The van der Waals surface area contributed by atoms with Crippen LogP contribution in [0.15, 0.2) is 18.2 Å². The molecule has 1 saturated heterocycles. The molecule has 0 spiro atoms. The van der Waals surface area contributed by atoms with Gasteiger partial charge >= 0.3 is 5.97 Å². The van der Waals surface area contributed by atoms with Gasteiger partial charge in [-0.2, -0.15) is 0 Å². The molecule has 1 aliphatic rings. The molecule has 1 heterocycles. The van der Waals surface area contributed by atoms with Gasteiger partial charge in [0.25, 0.3) is 0 Å². The Morgan fingerprint density at radius 3 is 2.48 bits per heavy atom. The molecule has 0 aromatic heterocycles. The second-order valence-electron chi connectivity index (χ2n) is 5.15. The van der Waals surface area contributed by atoms with E-state index in [1.54, 1.807) is 0 Å². The minimum Gasteiger partial charge on any atom is -0.341 e. The summed E-state index contributed by atoms with van der Waals surface area (Å²) in [5.74, 6) is -0.409. The number of nitrogens with one attached hydrogen (secondary N) is 1. The van der Waals surface area contributed by atoms with Gasteiger partial charge in [0.2, 0.25) is 5.91 Å². The molecule has 1 amide bonds.